The lowest BCUT2D eigenvalue weighted by Gasteiger charge is -2.22. The molecule has 518 valence electrons. The standard InChI is InChI=1S/C100H63N11/c1-7-27-66(28-8-1)85-63-86(102-94(101-85)67-29-9-2-10-30-67)74-61-81(64-47-53-75(54-48-64)109-87-43-23-19-39-77(87)78-40-20-24-44-88(78)109)93(82(62-74)65-49-55-76(56-50-65)110-89-45-25-21-41-79(89)80-42-22-26-46-90(80)110)111-91-57-51-72(99-105-95(68-31-11-3-12-32-68)103-96(106-99)69-33-13-4-14-34-69)59-83(91)84-60-73(52-58-92(84)111)100-107-97(70-35-15-5-16-36-70)104-98(108-100)71-37-17-6-18-38-71/h1-63H. The molecular weight excluding hydrogens is 1360 g/mol. The van der Waals surface area contributed by atoms with Crippen LogP contribution in [-0.4, -0.2) is 53.6 Å². The molecule has 21 aromatic rings. The Hall–Kier alpha value is -15.2. The summed E-state index contributed by atoms with van der Waals surface area (Å²) in [7, 11) is 0. The van der Waals surface area contributed by atoms with Crippen molar-refractivity contribution >= 4 is 65.4 Å². The molecule has 15 aromatic carbocycles. The van der Waals surface area contributed by atoms with E-state index in [2.05, 4.69) is 250 Å². The normalized spacial score (nSPS) is 11.6. The van der Waals surface area contributed by atoms with Crippen molar-refractivity contribution in [1.29, 1.82) is 0 Å². The highest BCUT2D eigenvalue weighted by atomic mass is 15.1. The molecule has 11 nitrogen and oxygen atoms in total. The third-order valence-corrected chi connectivity index (χ3v) is 21.2. The predicted molar refractivity (Wildman–Crippen MR) is 452 cm³/mol. The molecular formula is C100H63N11. The molecule has 6 heterocycles. The van der Waals surface area contributed by atoms with Gasteiger partial charge in [-0.15, -0.1) is 0 Å². The van der Waals surface area contributed by atoms with Gasteiger partial charge in [-0.05, 0) is 114 Å². The predicted octanol–water partition coefficient (Wildman–Crippen LogP) is 24.5. The van der Waals surface area contributed by atoms with E-state index in [0.717, 1.165) is 145 Å². The maximum atomic E-state index is 5.59. The van der Waals surface area contributed by atoms with Gasteiger partial charge in [-0.3, -0.25) is 0 Å². The molecule has 0 radical (unpaired) electrons. The van der Waals surface area contributed by atoms with Crippen LogP contribution < -0.4 is 0 Å². The van der Waals surface area contributed by atoms with Gasteiger partial charge in [0.2, 0.25) is 0 Å². The van der Waals surface area contributed by atoms with E-state index in [0.29, 0.717) is 40.8 Å². The summed E-state index contributed by atoms with van der Waals surface area (Å²) in [6.07, 6.45) is 0. The highest BCUT2D eigenvalue weighted by molar-refractivity contribution is 6.14. The van der Waals surface area contributed by atoms with Gasteiger partial charge in [-0.1, -0.05) is 279 Å². The minimum atomic E-state index is 0.533. The Kier molecular flexibility index (Phi) is 15.6. The molecule has 0 bridgehead atoms. The molecule has 0 unspecified atom stereocenters. The summed E-state index contributed by atoms with van der Waals surface area (Å²) in [5.41, 5.74) is 22.8. The molecule has 21 rings (SSSR count). The average molecular weight is 1420 g/mol. The van der Waals surface area contributed by atoms with Crippen LogP contribution in [0.3, 0.4) is 0 Å². The van der Waals surface area contributed by atoms with E-state index >= 15 is 0 Å². The molecule has 111 heavy (non-hydrogen) atoms. The SMILES string of the molecule is c1ccc(-c2cc(-c3cc(-c4ccc(-n5c6ccccc6c6ccccc65)cc4)c(-n4c5ccc(-c6nc(-c7ccccc7)nc(-c7ccccc7)n6)cc5c5cc(-c6nc(-c7ccccc7)nc(-c7ccccc7)n6)ccc54)c(-c4ccc(-n5c6ccccc6c6ccccc65)cc4)c3)nc(-c3ccccc3)n2)cc1. The van der Waals surface area contributed by atoms with E-state index in [1.165, 1.54) is 21.5 Å². The van der Waals surface area contributed by atoms with Gasteiger partial charge in [0.25, 0.3) is 0 Å². The van der Waals surface area contributed by atoms with Gasteiger partial charge >= 0.3 is 0 Å². The van der Waals surface area contributed by atoms with Gasteiger partial charge in [-0.2, -0.15) is 0 Å². The summed E-state index contributed by atoms with van der Waals surface area (Å²) in [5, 5.41) is 6.68. The van der Waals surface area contributed by atoms with E-state index in [-0.39, 0.29) is 0 Å². The number of fused-ring (bicyclic) bond motifs is 9. The highest BCUT2D eigenvalue weighted by Gasteiger charge is 2.27. The first-order valence-corrected chi connectivity index (χ1v) is 37.2. The molecule has 0 saturated carbocycles. The third-order valence-electron chi connectivity index (χ3n) is 21.2. The Bertz CT molecular complexity index is 6500. The number of rotatable bonds is 14. The summed E-state index contributed by atoms with van der Waals surface area (Å²) >= 11 is 0. The molecule has 0 atom stereocenters. The molecule has 0 spiro atoms. The van der Waals surface area contributed by atoms with Crippen LogP contribution in [0.1, 0.15) is 0 Å². The zero-order valence-electron chi connectivity index (χ0n) is 59.8. The first-order chi connectivity index (χ1) is 55.0. The van der Waals surface area contributed by atoms with Crippen molar-refractivity contribution in [2.75, 3.05) is 0 Å². The first kappa shape index (κ1) is 64.2. The molecule has 0 N–H and O–H groups in total. The first-order valence-electron chi connectivity index (χ1n) is 37.2. The van der Waals surface area contributed by atoms with Crippen LogP contribution in [-0.2, 0) is 0 Å². The van der Waals surface area contributed by atoms with Crippen molar-refractivity contribution in [3.63, 3.8) is 0 Å². The van der Waals surface area contributed by atoms with Gasteiger partial charge in [0, 0.05) is 105 Å². The monoisotopic (exact) mass is 1420 g/mol. The Morgan fingerprint density at radius 3 is 0.730 bits per heavy atom. The number of hydrogen-bond acceptors (Lipinski definition) is 8. The topological polar surface area (TPSA) is 118 Å². The van der Waals surface area contributed by atoms with Crippen LogP contribution in [0.2, 0.25) is 0 Å². The Labute approximate surface area is 638 Å². The lowest BCUT2D eigenvalue weighted by atomic mass is 9.91. The van der Waals surface area contributed by atoms with Crippen LogP contribution in [0.5, 0.6) is 0 Å². The lowest BCUT2D eigenvalue weighted by molar-refractivity contribution is 1.07. The number of benzene rings is 15. The maximum absolute atomic E-state index is 5.59. The van der Waals surface area contributed by atoms with Gasteiger partial charge in [0.1, 0.15) is 0 Å². The van der Waals surface area contributed by atoms with Crippen molar-refractivity contribution in [2.45, 2.75) is 0 Å². The number of hydrogen-bond donors (Lipinski definition) is 0. The number of nitrogens with zero attached hydrogens (tertiary/aromatic N) is 11. The summed E-state index contributed by atoms with van der Waals surface area (Å²) < 4.78 is 7.23. The lowest BCUT2D eigenvalue weighted by Crippen LogP contribution is -2.04. The minimum absolute atomic E-state index is 0.533. The van der Waals surface area contributed by atoms with Crippen molar-refractivity contribution in [1.82, 2.24) is 53.6 Å². The molecule has 0 fully saturated rings. The van der Waals surface area contributed by atoms with E-state index in [1.54, 1.807) is 0 Å². The summed E-state index contributed by atoms with van der Waals surface area (Å²) in [6, 6.07) is 134. The van der Waals surface area contributed by atoms with Gasteiger partial charge in [0.05, 0.1) is 50.2 Å². The second-order valence-electron chi connectivity index (χ2n) is 27.8. The number of para-hydroxylation sites is 4. The van der Waals surface area contributed by atoms with Crippen molar-refractivity contribution in [3.05, 3.63) is 382 Å². The molecule has 0 aliphatic carbocycles. The van der Waals surface area contributed by atoms with E-state index in [1.807, 2.05) is 146 Å². The van der Waals surface area contributed by atoms with Crippen LogP contribution in [0, 0.1) is 0 Å². The average Bonchev–Trinajstić information content (AvgIpc) is 1.60. The van der Waals surface area contributed by atoms with Crippen LogP contribution >= 0.6 is 0 Å². The van der Waals surface area contributed by atoms with Crippen LogP contribution in [0.4, 0.5) is 0 Å². The summed E-state index contributed by atoms with van der Waals surface area (Å²) in [4.78, 5) is 42.6. The van der Waals surface area contributed by atoms with Crippen molar-refractivity contribution < 1.29 is 0 Å². The molecule has 6 aromatic heterocycles. The summed E-state index contributed by atoms with van der Waals surface area (Å²) in [5.74, 6) is 3.97. The molecule has 0 aliphatic rings. The summed E-state index contributed by atoms with van der Waals surface area (Å²) in [6.45, 7) is 0. The smallest absolute Gasteiger partial charge is 0.164 e. The quantitative estimate of drug-likeness (QED) is 0.106. The fourth-order valence-corrected chi connectivity index (χ4v) is 15.9. The number of aromatic nitrogens is 11. The molecule has 0 saturated heterocycles. The van der Waals surface area contributed by atoms with Gasteiger partial charge in [-0.25, -0.2) is 39.9 Å². The largest absolute Gasteiger partial charge is 0.309 e. The van der Waals surface area contributed by atoms with Crippen LogP contribution in [0.25, 0.3) is 207 Å². The Morgan fingerprint density at radius 1 is 0.153 bits per heavy atom. The molecule has 0 amide bonds. The van der Waals surface area contributed by atoms with E-state index in [9.17, 15) is 0 Å². The Morgan fingerprint density at radius 2 is 0.405 bits per heavy atom. The van der Waals surface area contributed by atoms with Gasteiger partial charge < -0.3 is 13.7 Å². The van der Waals surface area contributed by atoms with Gasteiger partial charge in [0.15, 0.2) is 40.8 Å². The second-order valence-corrected chi connectivity index (χ2v) is 27.8. The third kappa shape index (κ3) is 11.5. The van der Waals surface area contributed by atoms with E-state index < -0.39 is 0 Å². The van der Waals surface area contributed by atoms with Crippen molar-refractivity contribution in [3.8, 4) is 142 Å². The zero-order valence-corrected chi connectivity index (χ0v) is 59.8. The highest BCUT2D eigenvalue weighted by Crippen LogP contribution is 2.47. The second kappa shape index (κ2) is 27.0. The molecule has 11 heteroatoms. The molecule has 0 aliphatic heterocycles. The zero-order chi connectivity index (χ0) is 73.3. The fourth-order valence-electron chi connectivity index (χ4n) is 15.9. The van der Waals surface area contributed by atoms with E-state index in [4.69, 9.17) is 39.9 Å². The maximum Gasteiger partial charge on any atom is 0.164 e. The fraction of sp³-hybridized carbons (Fsp3) is 0. The Balaban J connectivity index is 0.867. The van der Waals surface area contributed by atoms with Crippen LogP contribution in [0.15, 0.2) is 382 Å². The van der Waals surface area contributed by atoms with Crippen molar-refractivity contribution in [2.24, 2.45) is 0 Å². The minimum Gasteiger partial charge on any atom is -0.309 e.